The Morgan fingerprint density at radius 2 is 1.78 bits per heavy atom. The molecule has 0 spiro atoms. The zero-order valence-electron chi connectivity index (χ0n) is 22.4. The number of thiazole rings is 1. The monoisotopic (exact) mass is 596 g/mol. The molecule has 1 N–H and O–H groups in total. The van der Waals surface area contributed by atoms with Crippen molar-refractivity contribution in [2.45, 2.75) is 50.0 Å². The van der Waals surface area contributed by atoms with E-state index in [0.717, 1.165) is 41.5 Å². The molecule has 1 aliphatic heterocycles. The van der Waals surface area contributed by atoms with Gasteiger partial charge < -0.3 is 10.2 Å². The second kappa shape index (κ2) is 10.8. The maximum absolute atomic E-state index is 14.9. The zero-order chi connectivity index (χ0) is 28.8. The summed E-state index contributed by atoms with van der Waals surface area (Å²) in [6, 6.07) is 14.0. The molecule has 2 saturated carbocycles. The standard InChI is InChI=1S/C30H30F2N4O3S2/c31-24-7-3-6-23(25(24)32)29-34-26(21-4-1-2-5-22(21)28(37)35-30(18-33)12-13-30)27(40-29)19-8-10-20(11-9-19)36-14-16-41(38,39)17-15-36/h3,6-11,21-22H,1-2,4-5,12-17H2,(H,35,37). The van der Waals surface area contributed by atoms with E-state index in [-0.39, 0.29) is 34.8 Å². The largest absolute Gasteiger partial charge is 0.369 e. The molecule has 11 heteroatoms. The summed E-state index contributed by atoms with van der Waals surface area (Å²) in [5.41, 5.74) is 1.74. The van der Waals surface area contributed by atoms with E-state index >= 15 is 0 Å². The van der Waals surface area contributed by atoms with Crippen LogP contribution in [0.2, 0.25) is 0 Å². The van der Waals surface area contributed by atoms with Gasteiger partial charge in [0.05, 0.1) is 28.1 Å². The van der Waals surface area contributed by atoms with Crippen molar-refractivity contribution in [1.29, 1.82) is 5.26 Å². The van der Waals surface area contributed by atoms with E-state index in [2.05, 4.69) is 11.4 Å². The first-order chi connectivity index (χ1) is 19.7. The lowest BCUT2D eigenvalue weighted by molar-refractivity contribution is -0.127. The van der Waals surface area contributed by atoms with Crippen LogP contribution in [0.4, 0.5) is 14.5 Å². The van der Waals surface area contributed by atoms with Crippen LogP contribution in [0.3, 0.4) is 0 Å². The fraction of sp³-hybridized carbons (Fsp3) is 0.433. The molecule has 2 unspecified atom stereocenters. The number of benzene rings is 2. The summed E-state index contributed by atoms with van der Waals surface area (Å²) in [7, 11) is -3.00. The van der Waals surface area contributed by atoms with Crippen LogP contribution in [0.15, 0.2) is 42.5 Å². The third-order valence-corrected chi connectivity index (χ3v) is 11.2. The lowest BCUT2D eigenvalue weighted by Crippen LogP contribution is -2.42. The number of aromatic nitrogens is 1. The molecular formula is C30H30F2N4O3S2. The normalized spacial score (nSPS) is 23.0. The zero-order valence-corrected chi connectivity index (χ0v) is 24.0. The van der Waals surface area contributed by atoms with Crippen molar-refractivity contribution in [3.8, 4) is 27.1 Å². The second-order valence-electron chi connectivity index (χ2n) is 11.2. The maximum Gasteiger partial charge on any atom is 0.225 e. The number of halogens is 2. The summed E-state index contributed by atoms with van der Waals surface area (Å²) in [5.74, 6) is -2.44. The molecular weight excluding hydrogens is 566 g/mol. The Labute approximate surface area is 242 Å². The number of nitrogens with one attached hydrogen (secondary N) is 1. The van der Waals surface area contributed by atoms with Crippen molar-refractivity contribution in [2.24, 2.45) is 5.92 Å². The molecule has 0 radical (unpaired) electrons. The van der Waals surface area contributed by atoms with Gasteiger partial charge in [-0.15, -0.1) is 11.3 Å². The maximum atomic E-state index is 14.9. The average molecular weight is 597 g/mol. The number of rotatable bonds is 6. The highest BCUT2D eigenvalue weighted by Gasteiger charge is 2.47. The van der Waals surface area contributed by atoms with Crippen molar-refractivity contribution in [2.75, 3.05) is 29.5 Å². The smallest absolute Gasteiger partial charge is 0.225 e. The summed E-state index contributed by atoms with van der Waals surface area (Å²) in [6.07, 6.45) is 4.48. The molecule has 1 aromatic heterocycles. The van der Waals surface area contributed by atoms with Gasteiger partial charge in [-0.3, -0.25) is 4.79 Å². The number of amides is 1. The number of nitriles is 1. The number of carbonyl (C=O) groups excluding carboxylic acids is 1. The Hall–Kier alpha value is -3.36. The van der Waals surface area contributed by atoms with Gasteiger partial charge >= 0.3 is 0 Å². The second-order valence-corrected chi connectivity index (χ2v) is 14.5. The SMILES string of the molecule is N#CC1(NC(=O)C2CCCCC2c2nc(-c3cccc(F)c3F)sc2-c2ccc(N3CCS(=O)(=O)CC3)cc2)CC1. The Morgan fingerprint density at radius 3 is 2.46 bits per heavy atom. The molecule has 6 rings (SSSR count). The van der Waals surface area contributed by atoms with E-state index in [9.17, 15) is 27.3 Å². The number of carbonyl (C=O) groups is 1. The number of nitrogens with zero attached hydrogens (tertiary/aromatic N) is 3. The van der Waals surface area contributed by atoms with Crippen LogP contribution < -0.4 is 10.2 Å². The van der Waals surface area contributed by atoms with Gasteiger partial charge in [-0.1, -0.05) is 31.0 Å². The molecule has 1 amide bonds. The van der Waals surface area contributed by atoms with Crippen molar-refractivity contribution in [3.05, 3.63) is 59.8 Å². The fourth-order valence-corrected chi connectivity index (χ4v) is 8.22. The summed E-state index contributed by atoms with van der Waals surface area (Å²) in [4.78, 5) is 21.1. The van der Waals surface area contributed by atoms with Crippen LogP contribution in [0.1, 0.15) is 50.1 Å². The number of hydrogen-bond donors (Lipinski definition) is 1. The topological polar surface area (TPSA) is 103 Å². The van der Waals surface area contributed by atoms with Crippen LogP contribution >= 0.6 is 11.3 Å². The van der Waals surface area contributed by atoms with Gasteiger partial charge in [0.1, 0.15) is 10.5 Å². The molecule has 0 bridgehead atoms. The molecule has 2 aromatic carbocycles. The highest BCUT2D eigenvalue weighted by Crippen LogP contribution is 2.47. The van der Waals surface area contributed by atoms with E-state index in [4.69, 9.17) is 4.98 Å². The lowest BCUT2D eigenvalue weighted by atomic mass is 9.76. The van der Waals surface area contributed by atoms with Gasteiger partial charge in [0.25, 0.3) is 0 Å². The third-order valence-electron chi connectivity index (χ3n) is 8.45. The summed E-state index contributed by atoms with van der Waals surface area (Å²) in [6.45, 7) is 0.860. The molecule has 1 saturated heterocycles. The Balaban J connectivity index is 1.37. The molecule has 3 aliphatic rings. The van der Waals surface area contributed by atoms with Crippen molar-refractivity contribution >= 4 is 32.8 Å². The lowest BCUT2D eigenvalue weighted by Gasteiger charge is -2.31. The van der Waals surface area contributed by atoms with E-state index < -0.39 is 27.0 Å². The first kappa shape index (κ1) is 27.8. The summed E-state index contributed by atoms with van der Waals surface area (Å²) in [5, 5.41) is 12.8. The van der Waals surface area contributed by atoms with Crippen LogP contribution in [-0.4, -0.2) is 49.4 Å². The first-order valence-electron chi connectivity index (χ1n) is 13.9. The number of sulfone groups is 1. The van der Waals surface area contributed by atoms with Crippen LogP contribution in [0.5, 0.6) is 0 Å². The van der Waals surface area contributed by atoms with Gasteiger partial charge in [-0.05, 0) is 55.5 Å². The van der Waals surface area contributed by atoms with Crippen molar-refractivity contribution in [1.82, 2.24) is 10.3 Å². The van der Waals surface area contributed by atoms with Gasteiger partial charge in [-0.2, -0.15) is 5.26 Å². The highest BCUT2D eigenvalue weighted by atomic mass is 32.2. The van der Waals surface area contributed by atoms with Gasteiger partial charge in [0, 0.05) is 36.2 Å². The molecule has 2 aliphatic carbocycles. The predicted molar refractivity (Wildman–Crippen MR) is 154 cm³/mol. The van der Waals surface area contributed by atoms with Gasteiger partial charge in [0.15, 0.2) is 21.5 Å². The van der Waals surface area contributed by atoms with Gasteiger partial charge in [0.2, 0.25) is 5.91 Å². The summed E-state index contributed by atoms with van der Waals surface area (Å²) < 4.78 is 52.8. The number of anilines is 1. The fourth-order valence-electron chi connectivity index (χ4n) is 5.86. The molecule has 3 aromatic rings. The first-order valence-corrected chi connectivity index (χ1v) is 16.6. The molecule has 2 atom stereocenters. The van der Waals surface area contributed by atoms with Crippen LogP contribution in [0.25, 0.3) is 21.0 Å². The van der Waals surface area contributed by atoms with E-state index in [1.165, 1.54) is 23.5 Å². The summed E-state index contributed by atoms with van der Waals surface area (Å²) >= 11 is 1.27. The van der Waals surface area contributed by atoms with Crippen LogP contribution in [0, 0.1) is 28.9 Å². The minimum atomic E-state index is -3.00. The Morgan fingerprint density at radius 1 is 1.07 bits per heavy atom. The molecule has 2 heterocycles. The van der Waals surface area contributed by atoms with Gasteiger partial charge in [-0.25, -0.2) is 22.2 Å². The molecule has 3 fully saturated rings. The van der Waals surface area contributed by atoms with E-state index in [0.29, 0.717) is 43.1 Å². The predicted octanol–water partition coefficient (Wildman–Crippen LogP) is 5.44. The molecule has 214 valence electrons. The Bertz CT molecular complexity index is 1610. The molecule has 7 nitrogen and oxygen atoms in total. The minimum absolute atomic E-state index is 0.0758. The Kier molecular flexibility index (Phi) is 7.32. The van der Waals surface area contributed by atoms with Crippen molar-refractivity contribution < 1.29 is 22.0 Å². The average Bonchev–Trinajstić information content (AvgIpc) is 3.61. The third kappa shape index (κ3) is 5.60. The minimum Gasteiger partial charge on any atom is -0.369 e. The quantitative estimate of drug-likeness (QED) is 0.407. The molecule has 41 heavy (non-hydrogen) atoms. The highest BCUT2D eigenvalue weighted by molar-refractivity contribution is 7.91. The van der Waals surface area contributed by atoms with Crippen LogP contribution in [-0.2, 0) is 14.6 Å². The van der Waals surface area contributed by atoms with E-state index in [1.807, 2.05) is 29.2 Å². The van der Waals surface area contributed by atoms with E-state index in [1.54, 1.807) is 0 Å². The van der Waals surface area contributed by atoms with Crippen molar-refractivity contribution in [3.63, 3.8) is 0 Å². The number of hydrogen-bond acceptors (Lipinski definition) is 7.